The van der Waals surface area contributed by atoms with Crippen LogP contribution in [0.2, 0.25) is 0 Å². The van der Waals surface area contributed by atoms with Crippen molar-refractivity contribution in [3.8, 4) is 5.75 Å². The number of aromatic nitrogens is 2. The Morgan fingerprint density at radius 2 is 2.06 bits per heavy atom. The molecule has 11 heteroatoms. The Kier molecular flexibility index (Phi) is 7.31. The largest absolute Gasteiger partial charge is 0.496 e. The highest BCUT2D eigenvalue weighted by molar-refractivity contribution is 9.10. The number of carbonyl (C=O) groups is 1. The van der Waals surface area contributed by atoms with Crippen molar-refractivity contribution in [3.63, 3.8) is 0 Å². The number of hydrogen-bond acceptors (Lipinski definition) is 6. The van der Waals surface area contributed by atoms with Gasteiger partial charge in [-0.05, 0) is 69.2 Å². The Morgan fingerprint density at radius 1 is 1.34 bits per heavy atom. The van der Waals surface area contributed by atoms with E-state index in [0.29, 0.717) is 27.0 Å². The van der Waals surface area contributed by atoms with Crippen molar-refractivity contribution in [2.24, 2.45) is 5.10 Å². The van der Waals surface area contributed by atoms with E-state index in [1.807, 2.05) is 0 Å². The molecule has 0 saturated carbocycles. The van der Waals surface area contributed by atoms with Crippen LogP contribution in [-0.4, -0.2) is 33.9 Å². The zero-order valence-electron chi connectivity index (χ0n) is 17.2. The Bertz CT molecular complexity index is 1180. The number of ether oxygens (including phenoxy) is 1. The van der Waals surface area contributed by atoms with Crippen LogP contribution in [-0.2, 0) is 17.8 Å². The van der Waals surface area contributed by atoms with Crippen LogP contribution in [0.3, 0.4) is 0 Å². The van der Waals surface area contributed by atoms with Gasteiger partial charge >= 0.3 is 5.82 Å². The zero-order chi connectivity index (χ0) is 23.3. The second-order valence-corrected chi connectivity index (χ2v) is 7.60. The number of nitro groups is 1. The molecule has 0 saturated heterocycles. The first-order valence-electron chi connectivity index (χ1n) is 9.39. The molecule has 1 N–H and O–H groups in total. The zero-order valence-corrected chi connectivity index (χ0v) is 18.8. The maximum atomic E-state index is 12.9. The van der Waals surface area contributed by atoms with E-state index in [9.17, 15) is 19.3 Å². The summed E-state index contributed by atoms with van der Waals surface area (Å²) in [6.45, 7) is 1.96. The average Bonchev–Trinajstić information content (AvgIpc) is 3.04. The van der Waals surface area contributed by atoms with Gasteiger partial charge in [-0.1, -0.05) is 12.1 Å². The average molecular weight is 504 g/mol. The van der Waals surface area contributed by atoms with Crippen molar-refractivity contribution < 1.29 is 18.8 Å². The first-order chi connectivity index (χ1) is 15.3. The van der Waals surface area contributed by atoms with E-state index in [0.717, 1.165) is 5.56 Å². The Balaban J connectivity index is 1.72. The van der Waals surface area contributed by atoms with Crippen LogP contribution < -0.4 is 10.2 Å². The number of hydrazone groups is 1. The van der Waals surface area contributed by atoms with Crippen LogP contribution in [0.1, 0.15) is 22.4 Å². The molecule has 3 aromatic rings. The number of methoxy groups -OCH3 is 1. The van der Waals surface area contributed by atoms with Crippen LogP contribution in [0.25, 0.3) is 0 Å². The molecule has 1 heterocycles. The van der Waals surface area contributed by atoms with Gasteiger partial charge in [-0.3, -0.25) is 4.79 Å². The summed E-state index contributed by atoms with van der Waals surface area (Å²) in [6.07, 6.45) is 1.54. The summed E-state index contributed by atoms with van der Waals surface area (Å²) in [5.41, 5.74) is 5.11. The summed E-state index contributed by atoms with van der Waals surface area (Å²) in [4.78, 5) is 22.6. The monoisotopic (exact) mass is 503 g/mol. The highest BCUT2D eigenvalue weighted by atomic mass is 79.9. The smallest absolute Gasteiger partial charge is 0.404 e. The first-order valence-corrected chi connectivity index (χ1v) is 10.2. The minimum absolute atomic E-state index is 0.0672. The van der Waals surface area contributed by atoms with Gasteiger partial charge in [-0.2, -0.15) is 9.78 Å². The molecule has 0 radical (unpaired) electrons. The number of nitrogens with one attached hydrogen (secondary N) is 1. The quantitative estimate of drug-likeness (QED) is 0.285. The van der Waals surface area contributed by atoms with E-state index in [4.69, 9.17) is 4.74 Å². The van der Waals surface area contributed by atoms with Gasteiger partial charge in [0.1, 0.15) is 16.0 Å². The van der Waals surface area contributed by atoms with Gasteiger partial charge in [0, 0.05) is 5.56 Å². The summed E-state index contributed by atoms with van der Waals surface area (Å²) in [7, 11) is 1.52. The van der Waals surface area contributed by atoms with Crippen molar-refractivity contribution >= 4 is 33.9 Å². The number of hydrogen-bond donors (Lipinski definition) is 1. The fourth-order valence-corrected chi connectivity index (χ4v) is 3.38. The van der Waals surface area contributed by atoms with Crippen molar-refractivity contribution in [2.45, 2.75) is 19.9 Å². The molecule has 0 aliphatic rings. The lowest BCUT2D eigenvalue weighted by Gasteiger charge is -2.09. The molecule has 2 aromatic carbocycles. The van der Waals surface area contributed by atoms with Crippen LogP contribution in [0.4, 0.5) is 10.2 Å². The molecule has 1 amide bonds. The topological polar surface area (TPSA) is 112 Å². The number of amides is 1. The summed E-state index contributed by atoms with van der Waals surface area (Å²) >= 11 is 3.20. The lowest BCUT2D eigenvalue weighted by Crippen LogP contribution is -2.19. The molecule has 0 aliphatic carbocycles. The SMILES string of the molecule is COc1ccc(/C=N\NC(=O)Cc2ccc(F)cc2)cc1Cn1nc([N+](=O)[O-])c(Br)c1C. The molecule has 0 spiro atoms. The van der Waals surface area contributed by atoms with E-state index in [1.54, 1.807) is 25.1 Å². The number of carbonyl (C=O) groups excluding carboxylic acids is 1. The molecule has 3 rings (SSSR count). The minimum atomic E-state index is -0.553. The van der Waals surface area contributed by atoms with E-state index in [2.05, 4.69) is 31.6 Å². The van der Waals surface area contributed by atoms with Gasteiger partial charge < -0.3 is 14.9 Å². The number of nitrogens with zero attached hydrogens (tertiary/aromatic N) is 4. The van der Waals surface area contributed by atoms with Crippen molar-refractivity contribution in [3.05, 3.63) is 85.3 Å². The third kappa shape index (κ3) is 5.55. The van der Waals surface area contributed by atoms with Gasteiger partial charge in [-0.25, -0.2) is 9.82 Å². The molecule has 9 nitrogen and oxygen atoms in total. The molecule has 1 aromatic heterocycles. The molecule has 0 aliphatic heterocycles. The van der Waals surface area contributed by atoms with Gasteiger partial charge in [0.2, 0.25) is 5.91 Å². The van der Waals surface area contributed by atoms with Crippen molar-refractivity contribution in [2.75, 3.05) is 7.11 Å². The van der Waals surface area contributed by atoms with Crippen molar-refractivity contribution in [1.29, 1.82) is 0 Å². The number of rotatable bonds is 8. The van der Waals surface area contributed by atoms with Gasteiger partial charge in [0.15, 0.2) is 0 Å². The van der Waals surface area contributed by atoms with Gasteiger partial charge in [0.25, 0.3) is 0 Å². The van der Waals surface area contributed by atoms with Crippen LogP contribution in [0, 0.1) is 22.9 Å². The molecule has 0 bridgehead atoms. The Labute approximate surface area is 191 Å². The standard InChI is InChI=1S/C21H19BrFN5O4/c1-13-20(22)21(28(30)31)26-27(13)12-16-9-15(5-8-18(16)32-2)11-24-25-19(29)10-14-3-6-17(23)7-4-14/h3-9,11H,10,12H2,1-2H3,(H,25,29)/b24-11-. The van der Waals surface area contributed by atoms with Crippen LogP contribution in [0.15, 0.2) is 52.0 Å². The van der Waals surface area contributed by atoms with E-state index in [1.165, 1.54) is 42.3 Å². The fraction of sp³-hybridized carbons (Fsp3) is 0.190. The van der Waals surface area contributed by atoms with E-state index >= 15 is 0 Å². The summed E-state index contributed by atoms with van der Waals surface area (Å²) in [6, 6.07) is 10.9. The molecule has 0 fully saturated rings. The molecule has 32 heavy (non-hydrogen) atoms. The van der Waals surface area contributed by atoms with E-state index < -0.39 is 4.92 Å². The molecular formula is C21H19BrFN5O4. The summed E-state index contributed by atoms with van der Waals surface area (Å²) < 4.78 is 20.2. The highest BCUT2D eigenvalue weighted by Crippen LogP contribution is 2.29. The van der Waals surface area contributed by atoms with Crippen LogP contribution in [0.5, 0.6) is 5.75 Å². The second kappa shape index (κ2) is 10.1. The van der Waals surface area contributed by atoms with E-state index in [-0.39, 0.29) is 30.5 Å². The first kappa shape index (κ1) is 23.1. The lowest BCUT2D eigenvalue weighted by atomic mass is 10.1. The number of benzene rings is 2. The summed E-state index contributed by atoms with van der Waals surface area (Å²) in [5, 5.41) is 19.1. The normalized spacial score (nSPS) is 11.0. The summed E-state index contributed by atoms with van der Waals surface area (Å²) in [5.74, 6) is -0.389. The molecular weight excluding hydrogens is 485 g/mol. The fourth-order valence-electron chi connectivity index (χ4n) is 2.95. The molecule has 166 valence electrons. The Hall–Kier alpha value is -3.60. The maximum absolute atomic E-state index is 12.9. The van der Waals surface area contributed by atoms with Gasteiger partial charge in [-0.15, -0.1) is 0 Å². The predicted molar refractivity (Wildman–Crippen MR) is 119 cm³/mol. The van der Waals surface area contributed by atoms with Crippen molar-refractivity contribution in [1.82, 2.24) is 15.2 Å². The lowest BCUT2D eigenvalue weighted by molar-refractivity contribution is -0.390. The predicted octanol–water partition coefficient (Wildman–Crippen LogP) is 3.75. The Morgan fingerprint density at radius 3 is 2.69 bits per heavy atom. The third-order valence-electron chi connectivity index (χ3n) is 4.59. The highest BCUT2D eigenvalue weighted by Gasteiger charge is 2.24. The van der Waals surface area contributed by atoms with Gasteiger partial charge in [0.05, 0.1) is 37.1 Å². The molecule has 0 unspecified atom stereocenters. The minimum Gasteiger partial charge on any atom is -0.496 e. The maximum Gasteiger partial charge on any atom is 0.404 e. The third-order valence-corrected chi connectivity index (χ3v) is 5.52. The second-order valence-electron chi connectivity index (χ2n) is 6.81. The van der Waals surface area contributed by atoms with Crippen LogP contribution >= 0.6 is 15.9 Å². The molecule has 0 atom stereocenters. The number of halogens is 2.